The van der Waals surface area contributed by atoms with Gasteiger partial charge in [-0.1, -0.05) is 20.8 Å². The van der Waals surface area contributed by atoms with Crippen molar-refractivity contribution >= 4 is 17.9 Å². The predicted octanol–water partition coefficient (Wildman–Crippen LogP) is 4.43. The van der Waals surface area contributed by atoms with Crippen LogP contribution in [0.25, 0.3) is 0 Å². The number of carbonyl (C=O) groups excluding carboxylic acids is 3. The van der Waals surface area contributed by atoms with E-state index in [1.54, 1.807) is 38.3 Å². The van der Waals surface area contributed by atoms with Gasteiger partial charge in [-0.25, -0.2) is 9.59 Å². The maximum absolute atomic E-state index is 12.2. The first-order valence-corrected chi connectivity index (χ1v) is 11.0. The van der Waals surface area contributed by atoms with Crippen LogP contribution in [0, 0.1) is 11.8 Å². The van der Waals surface area contributed by atoms with Crippen LogP contribution < -0.4 is 0 Å². The van der Waals surface area contributed by atoms with Crippen molar-refractivity contribution in [1.82, 2.24) is 0 Å². The summed E-state index contributed by atoms with van der Waals surface area (Å²) in [6.45, 7) is 7.58. The quantitative estimate of drug-likeness (QED) is 0.297. The second-order valence-electron chi connectivity index (χ2n) is 7.78. The van der Waals surface area contributed by atoms with E-state index in [9.17, 15) is 14.4 Å². The molecule has 1 aromatic carbocycles. The first-order chi connectivity index (χ1) is 14.9. The molecule has 0 saturated heterocycles. The third kappa shape index (κ3) is 11.5. The topological polar surface area (TPSA) is 88.1 Å². The molecule has 0 spiro atoms. The number of rotatable bonds is 15. The molecule has 0 N–H and O–H groups in total. The van der Waals surface area contributed by atoms with Gasteiger partial charge in [0.15, 0.2) is 0 Å². The van der Waals surface area contributed by atoms with Gasteiger partial charge in [0, 0.05) is 20.1 Å². The Morgan fingerprint density at radius 1 is 0.710 bits per heavy atom. The zero-order valence-corrected chi connectivity index (χ0v) is 19.2. The Bertz CT molecular complexity index is 669. The summed E-state index contributed by atoms with van der Waals surface area (Å²) in [5.41, 5.74) is 0.783. The van der Waals surface area contributed by atoms with Crippen LogP contribution in [0.5, 0.6) is 0 Å². The summed E-state index contributed by atoms with van der Waals surface area (Å²) >= 11 is 0. The van der Waals surface area contributed by atoms with E-state index in [1.807, 2.05) is 6.92 Å². The normalized spacial score (nSPS) is 12.6. The second-order valence-corrected chi connectivity index (χ2v) is 7.78. The largest absolute Gasteiger partial charge is 0.466 e. The van der Waals surface area contributed by atoms with E-state index in [1.165, 1.54) is 0 Å². The van der Waals surface area contributed by atoms with Crippen molar-refractivity contribution in [2.45, 2.75) is 52.9 Å². The van der Waals surface area contributed by atoms with Gasteiger partial charge in [0.1, 0.15) is 0 Å². The van der Waals surface area contributed by atoms with Crippen LogP contribution in [0.4, 0.5) is 0 Å². The summed E-state index contributed by atoms with van der Waals surface area (Å²) in [6.07, 6.45) is 3.49. The smallest absolute Gasteiger partial charge is 0.338 e. The number of methoxy groups -OCH3 is 1. The SMILES string of the molecule is CCC(=O)OCCC(C)CCOC(=O)c1ccc(C(=O)OCCC(C)CCOC)cc1. The molecule has 2 unspecified atom stereocenters. The summed E-state index contributed by atoms with van der Waals surface area (Å²) in [6, 6.07) is 6.26. The minimum atomic E-state index is -0.434. The number of esters is 3. The van der Waals surface area contributed by atoms with Crippen LogP contribution >= 0.6 is 0 Å². The van der Waals surface area contributed by atoms with Gasteiger partial charge < -0.3 is 18.9 Å². The van der Waals surface area contributed by atoms with Crippen molar-refractivity contribution in [1.29, 1.82) is 0 Å². The summed E-state index contributed by atoms with van der Waals surface area (Å²) in [5, 5.41) is 0. The van der Waals surface area contributed by atoms with Crippen molar-refractivity contribution < 1.29 is 33.3 Å². The first-order valence-electron chi connectivity index (χ1n) is 11.0. The third-order valence-corrected chi connectivity index (χ3v) is 5.02. The van der Waals surface area contributed by atoms with E-state index in [0.717, 1.165) is 19.3 Å². The minimum Gasteiger partial charge on any atom is -0.466 e. The van der Waals surface area contributed by atoms with Crippen molar-refractivity contribution in [3.8, 4) is 0 Å². The van der Waals surface area contributed by atoms with Crippen LogP contribution in [0.1, 0.15) is 73.6 Å². The number of ether oxygens (including phenoxy) is 4. The van der Waals surface area contributed by atoms with E-state index >= 15 is 0 Å². The molecule has 0 aliphatic carbocycles. The Morgan fingerprint density at radius 3 is 1.48 bits per heavy atom. The lowest BCUT2D eigenvalue weighted by Gasteiger charge is -2.12. The van der Waals surface area contributed by atoms with Gasteiger partial charge in [0.25, 0.3) is 0 Å². The molecule has 7 heteroatoms. The molecule has 0 amide bonds. The number of carbonyl (C=O) groups is 3. The van der Waals surface area contributed by atoms with Gasteiger partial charge in [0.2, 0.25) is 0 Å². The van der Waals surface area contributed by atoms with E-state index in [0.29, 0.717) is 49.7 Å². The molecule has 0 aliphatic heterocycles. The van der Waals surface area contributed by atoms with E-state index < -0.39 is 11.9 Å². The van der Waals surface area contributed by atoms with Gasteiger partial charge in [-0.05, 0) is 61.8 Å². The molecular formula is C24H36O7. The van der Waals surface area contributed by atoms with Crippen molar-refractivity contribution in [3.05, 3.63) is 35.4 Å². The first kappa shape index (κ1) is 26.6. The zero-order valence-electron chi connectivity index (χ0n) is 19.2. The van der Waals surface area contributed by atoms with Crippen molar-refractivity contribution in [2.24, 2.45) is 11.8 Å². The molecule has 1 rings (SSSR count). The van der Waals surface area contributed by atoms with Crippen LogP contribution in [-0.4, -0.2) is 51.4 Å². The van der Waals surface area contributed by atoms with Crippen LogP contribution in [-0.2, 0) is 23.7 Å². The Kier molecular flexibility index (Phi) is 13.2. The van der Waals surface area contributed by atoms with Crippen molar-refractivity contribution in [2.75, 3.05) is 33.5 Å². The maximum Gasteiger partial charge on any atom is 0.338 e. The number of hydrogen-bond acceptors (Lipinski definition) is 7. The molecule has 0 fully saturated rings. The molecule has 0 aliphatic rings. The molecule has 0 saturated carbocycles. The molecule has 0 radical (unpaired) electrons. The Balaban J connectivity index is 2.31. The number of benzene rings is 1. The van der Waals surface area contributed by atoms with Crippen LogP contribution in [0.2, 0.25) is 0 Å². The summed E-state index contributed by atoms with van der Waals surface area (Å²) in [5.74, 6) is -0.360. The van der Waals surface area contributed by atoms with Crippen molar-refractivity contribution in [3.63, 3.8) is 0 Å². The Hall–Kier alpha value is -2.41. The minimum absolute atomic E-state index is 0.206. The maximum atomic E-state index is 12.2. The highest BCUT2D eigenvalue weighted by Crippen LogP contribution is 2.12. The summed E-state index contributed by atoms with van der Waals surface area (Å²) < 4.78 is 20.7. The lowest BCUT2D eigenvalue weighted by atomic mass is 10.1. The van der Waals surface area contributed by atoms with E-state index in [4.69, 9.17) is 18.9 Å². The van der Waals surface area contributed by atoms with E-state index in [-0.39, 0.29) is 18.5 Å². The van der Waals surface area contributed by atoms with E-state index in [2.05, 4.69) is 6.92 Å². The van der Waals surface area contributed by atoms with Crippen LogP contribution in [0.15, 0.2) is 24.3 Å². The fraction of sp³-hybridized carbons (Fsp3) is 0.625. The molecule has 0 aromatic heterocycles. The lowest BCUT2D eigenvalue weighted by Crippen LogP contribution is -2.12. The predicted molar refractivity (Wildman–Crippen MR) is 117 cm³/mol. The Labute approximate surface area is 185 Å². The van der Waals surface area contributed by atoms with Crippen LogP contribution in [0.3, 0.4) is 0 Å². The fourth-order valence-electron chi connectivity index (χ4n) is 2.70. The molecule has 31 heavy (non-hydrogen) atoms. The van der Waals surface area contributed by atoms with Gasteiger partial charge in [-0.3, -0.25) is 4.79 Å². The third-order valence-electron chi connectivity index (χ3n) is 5.02. The van der Waals surface area contributed by atoms with Gasteiger partial charge in [-0.2, -0.15) is 0 Å². The monoisotopic (exact) mass is 436 g/mol. The molecule has 7 nitrogen and oxygen atoms in total. The Morgan fingerprint density at radius 2 is 1.10 bits per heavy atom. The van der Waals surface area contributed by atoms with Gasteiger partial charge >= 0.3 is 17.9 Å². The summed E-state index contributed by atoms with van der Waals surface area (Å²) in [7, 11) is 1.67. The standard InChI is InChI=1S/C24H36O7/c1-5-22(25)29-15-11-19(3)13-17-31-24(27)21-8-6-20(7-9-21)23(26)30-16-12-18(2)10-14-28-4/h6-9,18-19H,5,10-17H2,1-4H3. The molecule has 0 bridgehead atoms. The highest BCUT2D eigenvalue weighted by molar-refractivity contribution is 5.93. The van der Waals surface area contributed by atoms with Gasteiger partial charge in [-0.15, -0.1) is 0 Å². The molecule has 1 aromatic rings. The highest BCUT2D eigenvalue weighted by Gasteiger charge is 2.13. The van der Waals surface area contributed by atoms with Gasteiger partial charge in [0.05, 0.1) is 30.9 Å². The average molecular weight is 437 g/mol. The lowest BCUT2D eigenvalue weighted by molar-refractivity contribution is -0.143. The molecular weight excluding hydrogens is 400 g/mol. The summed E-state index contributed by atoms with van der Waals surface area (Å²) in [4.78, 5) is 35.4. The molecule has 2 atom stereocenters. The fourth-order valence-corrected chi connectivity index (χ4v) is 2.70. The molecule has 0 heterocycles. The second kappa shape index (κ2) is 15.4. The molecule has 174 valence electrons. The zero-order chi connectivity index (χ0) is 23.1. The highest BCUT2D eigenvalue weighted by atomic mass is 16.5. The number of hydrogen-bond donors (Lipinski definition) is 0. The average Bonchev–Trinajstić information content (AvgIpc) is 2.77.